The molecule has 0 saturated heterocycles. The number of hydrogen-bond donors (Lipinski definition) is 1. The highest BCUT2D eigenvalue weighted by atomic mass is 28.4. The minimum Gasteiger partial charge on any atom is -0.459 e. The third kappa shape index (κ3) is 11.0. The van der Waals surface area contributed by atoms with Crippen molar-refractivity contribution >= 4 is 20.4 Å². The van der Waals surface area contributed by atoms with Crippen LogP contribution in [0.15, 0.2) is 12.2 Å². The Morgan fingerprint density at radius 1 is 1.19 bits per heavy atom. The van der Waals surface area contributed by atoms with E-state index >= 15 is 0 Å². The SMILES string of the molecule is C=C(C)C(=O)OCCOC(=O)NCCC[Si](C)(C)OCC. The van der Waals surface area contributed by atoms with Crippen LogP contribution < -0.4 is 5.32 Å². The van der Waals surface area contributed by atoms with Crippen LogP contribution in [0.1, 0.15) is 20.3 Å². The fourth-order valence-electron chi connectivity index (χ4n) is 1.61. The maximum absolute atomic E-state index is 11.4. The van der Waals surface area contributed by atoms with Gasteiger partial charge in [-0.25, -0.2) is 9.59 Å². The lowest BCUT2D eigenvalue weighted by atomic mass is 10.4. The van der Waals surface area contributed by atoms with Gasteiger partial charge in [0.1, 0.15) is 13.2 Å². The van der Waals surface area contributed by atoms with Gasteiger partial charge in [-0.2, -0.15) is 0 Å². The van der Waals surface area contributed by atoms with Crippen LogP contribution in [-0.2, 0) is 18.7 Å². The Bertz CT molecular complexity index is 357. The number of alkyl carbamates (subject to hydrolysis) is 1. The molecular formula is C14H27NO5Si. The molecule has 0 rings (SSSR count). The molecule has 0 aliphatic rings. The van der Waals surface area contributed by atoms with Gasteiger partial charge < -0.3 is 19.2 Å². The molecule has 1 N–H and O–H groups in total. The lowest BCUT2D eigenvalue weighted by Crippen LogP contribution is -2.32. The second kappa shape index (κ2) is 10.4. The number of rotatable bonds is 10. The van der Waals surface area contributed by atoms with Gasteiger partial charge in [-0.15, -0.1) is 0 Å². The molecule has 0 unspecified atom stereocenters. The van der Waals surface area contributed by atoms with Gasteiger partial charge in [0.2, 0.25) is 0 Å². The number of carbonyl (C=O) groups is 2. The summed E-state index contributed by atoms with van der Waals surface area (Å²) in [6.07, 6.45) is 0.358. The Morgan fingerprint density at radius 2 is 1.81 bits per heavy atom. The average Bonchev–Trinajstić information content (AvgIpc) is 2.39. The highest BCUT2D eigenvalue weighted by Crippen LogP contribution is 2.12. The average molecular weight is 317 g/mol. The lowest BCUT2D eigenvalue weighted by molar-refractivity contribution is -0.139. The first-order valence-corrected chi connectivity index (χ1v) is 10.3. The van der Waals surface area contributed by atoms with Crippen molar-refractivity contribution in [3.8, 4) is 0 Å². The van der Waals surface area contributed by atoms with Gasteiger partial charge in [0.15, 0.2) is 8.32 Å². The van der Waals surface area contributed by atoms with Crippen LogP contribution in [-0.4, -0.2) is 46.7 Å². The standard InChI is InChI=1S/C14H27NO5Si/c1-6-20-21(4,5)11-7-8-15-14(17)19-10-9-18-13(16)12(2)3/h2,6-11H2,1,3-5H3,(H,15,17). The molecule has 0 saturated carbocycles. The third-order valence-electron chi connectivity index (χ3n) is 2.66. The van der Waals surface area contributed by atoms with Crippen LogP contribution >= 0.6 is 0 Å². The number of ether oxygens (including phenoxy) is 2. The van der Waals surface area contributed by atoms with Gasteiger partial charge in [-0.1, -0.05) is 6.58 Å². The summed E-state index contributed by atoms with van der Waals surface area (Å²) in [5.41, 5.74) is 0.320. The number of amides is 1. The van der Waals surface area contributed by atoms with E-state index in [1.165, 1.54) is 0 Å². The molecule has 122 valence electrons. The Kier molecular flexibility index (Phi) is 9.73. The van der Waals surface area contributed by atoms with Gasteiger partial charge in [-0.3, -0.25) is 0 Å². The molecule has 0 aromatic rings. The highest BCUT2D eigenvalue weighted by molar-refractivity contribution is 6.71. The van der Waals surface area contributed by atoms with E-state index in [2.05, 4.69) is 25.0 Å². The molecule has 0 heterocycles. The fraction of sp³-hybridized carbons (Fsp3) is 0.714. The molecule has 21 heavy (non-hydrogen) atoms. The molecule has 0 radical (unpaired) electrons. The topological polar surface area (TPSA) is 73.9 Å². The van der Waals surface area contributed by atoms with Crippen molar-refractivity contribution < 1.29 is 23.5 Å². The summed E-state index contributed by atoms with van der Waals surface area (Å²) in [6.45, 7) is 12.7. The third-order valence-corrected chi connectivity index (χ3v) is 5.29. The zero-order valence-corrected chi connectivity index (χ0v) is 14.5. The zero-order chi connectivity index (χ0) is 16.3. The van der Waals surface area contributed by atoms with Gasteiger partial charge in [0, 0.05) is 18.7 Å². The molecule has 1 amide bonds. The van der Waals surface area contributed by atoms with Crippen molar-refractivity contribution in [1.29, 1.82) is 0 Å². The van der Waals surface area contributed by atoms with Crippen molar-refractivity contribution in [3.05, 3.63) is 12.2 Å². The Hall–Kier alpha value is -1.34. The van der Waals surface area contributed by atoms with Crippen LogP contribution in [0.5, 0.6) is 0 Å². The first kappa shape index (κ1) is 19.7. The van der Waals surface area contributed by atoms with Crippen LogP contribution in [0.3, 0.4) is 0 Å². The first-order chi connectivity index (χ1) is 9.78. The highest BCUT2D eigenvalue weighted by Gasteiger charge is 2.20. The molecule has 0 aliphatic carbocycles. The minimum atomic E-state index is -1.59. The Labute approximate surface area is 128 Å². The minimum absolute atomic E-state index is 0.0311. The van der Waals surface area contributed by atoms with Crippen molar-refractivity contribution in [2.45, 2.75) is 39.4 Å². The summed E-state index contributed by atoms with van der Waals surface area (Å²) in [5.74, 6) is -0.484. The fourth-order valence-corrected chi connectivity index (χ4v) is 3.56. The summed E-state index contributed by atoms with van der Waals surface area (Å²) in [5, 5.41) is 2.66. The predicted octanol–water partition coefficient (Wildman–Crippen LogP) is 2.46. The van der Waals surface area contributed by atoms with Crippen molar-refractivity contribution in [2.75, 3.05) is 26.4 Å². The van der Waals surface area contributed by atoms with E-state index in [1.807, 2.05) is 6.92 Å². The number of esters is 1. The summed E-state index contributed by atoms with van der Waals surface area (Å²) in [7, 11) is -1.59. The van der Waals surface area contributed by atoms with Crippen LogP contribution in [0, 0.1) is 0 Å². The molecule has 0 aliphatic heterocycles. The maximum atomic E-state index is 11.4. The molecule has 0 aromatic heterocycles. The second-order valence-electron chi connectivity index (χ2n) is 5.28. The van der Waals surface area contributed by atoms with Crippen LogP contribution in [0.2, 0.25) is 19.1 Å². The molecule has 6 nitrogen and oxygen atoms in total. The van der Waals surface area contributed by atoms with E-state index in [1.54, 1.807) is 6.92 Å². The van der Waals surface area contributed by atoms with Gasteiger partial charge in [-0.05, 0) is 39.4 Å². The zero-order valence-electron chi connectivity index (χ0n) is 13.5. The quantitative estimate of drug-likeness (QED) is 0.290. The number of hydrogen-bond acceptors (Lipinski definition) is 5. The molecule has 0 atom stereocenters. The van der Waals surface area contributed by atoms with Crippen LogP contribution in [0.4, 0.5) is 4.79 Å². The summed E-state index contributed by atoms with van der Waals surface area (Å²) in [6, 6.07) is 0.983. The van der Waals surface area contributed by atoms with E-state index in [0.29, 0.717) is 12.1 Å². The molecule has 0 bridgehead atoms. The van der Waals surface area contributed by atoms with Gasteiger partial charge in [0.25, 0.3) is 0 Å². The lowest BCUT2D eigenvalue weighted by Gasteiger charge is -2.21. The van der Waals surface area contributed by atoms with Crippen LogP contribution in [0.25, 0.3) is 0 Å². The predicted molar refractivity (Wildman–Crippen MR) is 83.7 cm³/mol. The number of nitrogens with one attached hydrogen (secondary N) is 1. The van der Waals surface area contributed by atoms with E-state index < -0.39 is 20.4 Å². The molecule has 0 fully saturated rings. The molecule has 0 aromatic carbocycles. The van der Waals surface area contributed by atoms with Crippen molar-refractivity contribution in [2.24, 2.45) is 0 Å². The first-order valence-electron chi connectivity index (χ1n) is 7.15. The number of carbonyl (C=O) groups excluding carboxylic acids is 2. The normalized spacial score (nSPS) is 10.9. The monoisotopic (exact) mass is 317 g/mol. The summed E-state index contributed by atoms with van der Waals surface area (Å²) < 4.78 is 15.4. The van der Waals surface area contributed by atoms with Crippen molar-refractivity contribution in [3.63, 3.8) is 0 Å². The van der Waals surface area contributed by atoms with E-state index in [0.717, 1.165) is 19.1 Å². The Morgan fingerprint density at radius 3 is 2.38 bits per heavy atom. The summed E-state index contributed by atoms with van der Waals surface area (Å²) in [4.78, 5) is 22.4. The smallest absolute Gasteiger partial charge is 0.407 e. The van der Waals surface area contributed by atoms with Gasteiger partial charge >= 0.3 is 12.1 Å². The summed E-state index contributed by atoms with van der Waals surface area (Å²) >= 11 is 0. The molecule has 7 heteroatoms. The van der Waals surface area contributed by atoms with E-state index in [-0.39, 0.29) is 13.2 Å². The molecule has 0 spiro atoms. The second-order valence-corrected chi connectivity index (χ2v) is 9.58. The van der Waals surface area contributed by atoms with E-state index in [9.17, 15) is 9.59 Å². The molecular weight excluding hydrogens is 290 g/mol. The maximum Gasteiger partial charge on any atom is 0.407 e. The van der Waals surface area contributed by atoms with E-state index in [4.69, 9.17) is 13.9 Å². The largest absolute Gasteiger partial charge is 0.459 e. The Balaban J connectivity index is 3.59. The van der Waals surface area contributed by atoms with Crippen molar-refractivity contribution in [1.82, 2.24) is 5.32 Å². The van der Waals surface area contributed by atoms with Gasteiger partial charge in [0.05, 0.1) is 0 Å².